The Kier molecular flexibility index (Phi) is 5.34. The molecular weight excluding hydrogens is 346 g/mol. The number of hydrogen-bond acceptors (Lipinski definition) is 3. The van der Waals surface area contributed by atoms with Crippen molar-refractivity contribution in [3.63, 3.8) is 0 Å². The van der Waals surface area contributed by atoms with E-state index < -0.39 is 11.9 Å². The summed E-state index contributed by atoms with van der Waals surface area (Å²) >= 11 is 1.38. The monoisotopic (exact) mass is 365 g/mol. The highest BCUT2D eigenvalue weighted by Crippen LogP contribution is 2.34. The molecule has 0 saturated heterocycles. The number of amides is 3. The first kappa shape index (κ1) is 17.7. The molecule has 0 radical (unpaired) electrons. The van der Waals surface area contributed by atoms with Crippen LogP contribution in [0.25, 0.3) is 0 Å². The number of thiophene rings is 1. The zero-order valence-corrected chi connectivity index (χ0v) is 15.1. The lowest BCUT2D eigenvalue weighted by Crippen LogP contribution is -2.21. The van der Waals surface area contributed by atoms with Gasteiger partial charge >= 0.3 is 6.03 Å². The fourth-order valence-corrected chi connectivity index (χ4v) is 3.92. The average Bonchev–Trinajstić information content (AvgIpc) is 2.91. The maximum atomic E-state index is 12.3. The minimum Gasteiger partial charge on any atom is -0.365 e. The summed E-state index contributed by atoms with van der Waals surface area (Å²) in [5, 5.41) is 5.96. The molecule has 0 spiro atoms. The van der Waals surface area contributed by atoms with Crippen molar-refractivity contribution in [2.24, 2.45) is 5.73 Å². The minimum atomic E-state index is -0.548. The molecule has 0 atom stereocenters. The number of hydrogen-bond donors (Lipinski definition) is 3. The Morgan fingerprint density at radius 3 is 2.19 bits per heavy atom. The smallest absolute Gasteiger partial charge is 0.324 e. The summed E-state index contributed by atoms with van der Waals surface area (Å²) in [4.78, 5) is 25.2. The molecule has 3 aromatic rings. The molecule has 0 unspecified atom stereocenters. The van der Waals surface area contributed by atoms with Crippen LogP contribution < -0.4 is 16.4 Å². The van der Waals surface area contributed by atoms with Gasteiger partial charge in [-0.05, 0) is 30.2 Å². The number of urea groups is 1. The second-order valence-corrected chi connectivity index (χ2v) is 6.93. The van der Waals surface area contributed by atoms with Crippen molar-refractivity contribution in [2.45, 2.75) is 13.3 Å². The first-order chi connectivity index (χ1) is 12.5. The van der Waals surface area contributed by atoms with Gasteiger partial charge < -0.3 is 11.1 Å². The van der Waals surface area contributed by atoms with E-state index in [1.807, 2.05) is 55.5 Å². The molecule has 26 heavy (non-hydrogen) atoms. The van der Waals surface area contributed by atoms with Gasteiger partial charge in [0.2, 0.25) is 0 Å². The maximum Gasteiger partial charge on any atom is 0.324 e. The van der Waals surface area contributed by atoms with E-state index >= 15 is 0 Å². The van der Waals surface area contributed by atoms with Gasteiger partial charge in [-0.15, -0.1) is 11.3 Å². The molecule has 0 aliphatic carbocycles. The van der Waals surface area contributed by atoms with Gasteiger partial charge in [0.1, 0.15) is 5.00 Å². The van der Waals surface area contributed by atoms with Crippen LogP contribution in [0.4, 0.5) is 15.5 Å². The number of nitrogens with two attached hydrogens (primary N) is 1. The molecule has 0 bridgehead atoms. The number of carbonyl (C=O) groups excluding carboxylic acids is 2. The zero-order valence-electron chi connectivity index (χ0n) is 14.3. The largest absolute Gasteiger partial charge is 0.365 e. The van der Waals surface area contributed by atoms with Gasteiger partial charge in [-0.1, -0.05) is 48.5 Å². The number of para-hydroxylation sites is 1. The SMILES string of the molecule is Cc1c(Cc2ccccc2)sc(NC(=O)Nc2ccccc2)c1C(N)=O. The Morgan fingerprint density at radius 2 is 1.58 bits per heavy atom. The van der Waals surface area contributed by atoms with Crippen molar-refractivity contribution < 1.29 is 9.59 Å². The summed E-state index contributed by atoms with van der Waals surface area (Å²) in [5.41, 5.74) is 8.52. The van der Waals surface area contributed by atoms with Gasteiger partial charge in [-0.3, -0.25) is 10.1 Å². The molecule has 0 saturated carbocycles. The van der Waals surface area contributed by atoms with Gasteiger partial charge in [-0.2, -0.15) is 0 Å². The van der Waals surface area contributed by atoms with E-state index in [1.54, 1.807) is 12.1 Å². The Morgan fingerprint density at radius 1 is 0.962 bits per heavy atom. The molecule has 0 fully saturated rings. The van der Waals surface area contributed by atoms with E-state index in [0.717, 1.165) is 16.0 Å². The van der Waals surface area contributed by atoms with Crippen LogP contribution in [0, 0.1) is 6.92 Å². The number of anilines is 2. The van der Waals surface area contributed by atoms with E-state index in [1.165, 1.54) is 11.3 Å². The third-order valence-electron chi connectivity index (χ3n) is 3.96. The van der Waals surface area contributed by atoms with Crippen LogP contribution in [0.1, 0.15) is 26.4 Å². The predicted molar refractivity (Wildman–Crippen MR) is 106 cm³/mol. The molecule has 132 valence electrons. The van der Waals surface area contributed by atoms with E-state index in [4.69, 9.17) is 5.73 Å². The lowest BCUT2D eigenvalue weighted by Gasteiger charge is -2.07. The second kappa shape index (κ2) is 7.84. The van der Waals surface area contributed by atoms with Crippen LogP contribution in [0.15, 0.2) is 60.7 Å². The average molecular weight is 365 g/mol. The van der Waals surface area contributed by atoms with Crippen LogP contribution in [0.5, 0.6) is 0 Å². The van der Waals surface area contributed by atoms with E-state index in [2.05, 4.69) is 10.6 Å². The fraction of sp³-hybridized carbons (Fsp3) is 0.100. The number of benzene rings is 2. The van der Waals surface area contributed by atoms with E-state index in [0.29, 0.717) is 22.7 Å². The Balaban J connectivity index is 1.83. The zero-order chi connectivity index (χ0) is 18.5. The highest BCUT2D eigenvalue weighted by atomic mass is 32.1. The van der Waals surface area contributed by atoms with Crippen molar-refractivity contribution in [3.05, 3.63) is 82.2 Å². The fourth-order valence-electron chi connectivity index (χ4n) is 2.68. The van der Waals surface area contributed by atoms with Crippen LogP contribution in [0.3, 0.4) is 0 Å². The number of rotatable bonds is 5. The van der Waals surface area contributed by atoms with Crippen molar-refractivity contribution in [2.75, 3.05) is 10.6 Å². The third-order valence-corrected chi connectivity index (χ3v) is 5.17. The van der Waals surface area contributed by atoms with Crippen LogP contribution in [0.2, 0.25) is 0 Å². The highest BCUT2D eigenvalue weighted by molar-refractivity contribution is 7.17. The van der Waals surface area contributed by atoms with Gasteiger partial charge in [-0.25, -0.2) is 4.79 Å². The molecule has 6 heteroatoms. The van der Waals surface area contributed by atoms with Crippen molar-refractivity contribution in [1.29, 1.82) is 0 Å². The van der Waals surface area contributed by atoms with Gasteiger partial charge in [0, 0.05) is 17.0 Å². The second-order valence-electron chi connectivity index (χ2n) is 5.83. The summed E-state index contributed by atoms with van der Waals surface area (Å²) < 4.78 is 0. The van der Waals surface area contributed by atoms with Crippen LogP contribution in [-0.4, -0.2) is 11.9 Å². The lowest BCUT2D eigenvalue weighted by atomic mass is 10.1. The quantitative estimate of drug-likeness (QED) is 0.626. The molecule has 0 aliphatic heterocycles. The van der Waals surface area contributed by atoms with E-state index in [9.17, 15) is 9.59 Å². The molecule has 3 amide bonds. The van der Waals surface area contributed by atoms with Crippen molar-refractivity contribution in [1.82, 2.24) is 0 Å². The summed E-state index contributed by atoms with van der Waals surface area (Å²) in [6, 6.07) is 18.6. The number of carbonyl (C=O) groups is 2. The molecule has 1 heterocycles. The molecule has 1 aromatic heterocycles. The maximum absolute atomic E-state index is 12.3. The normalized spacial score (nSPS) is 10.3. The molecule has 3 rings (SSSR count). The standard InChI is InChI=1S/C20H19N3O2S/c1-13-16(12-14-8-4-2-5-9-14)26-19(17(13)18(21)24)23-20(25)22-15-10-6-3-7-11-15/h2-11H,12H2,1H3,(H2,21,24)(H2,22,23,25). The summed E-state index contributed by atoms with van der Waals surface area (Å²) in [5.74, 6) is -0.548. The Bertz CT molecular complexity index is 921. The minimum absolute atomic E-state index is 0.365. The topological polar surface area (TPSA) is 84.2 Å². The molecule has 5 nitrogen and oxygen atoms in total. The Labute approximate surface area is 155 Å². The number of primary amides is 1. The molecule has 0 aliphatic rings. The van der Waals surface area contributed by atoms with Gasteiger partial charge in [0.15, 0.2) is 0 Å². The van der Waals surface area contributed by atoms with Crippen LogP contribution >= 0.6 is 11.3 Å². The Hall–Kier alpha value is -3.12. The first-order valence-electron chi connectivity index (χ1n) is 8.13. The predicted octanol–water partition coefficient (Wildman–Crippen LogP) is 4.39. The molecule has 4 N–H and O–H groups in total. The van der Waals surface area contributed by atoms with Crippen molar-refractivity contribution >= 4 is 34.0 Å². The number of nitrogens with one attached hydrogen (secondary N) is 2. The molecule has 2 aromatic carbocycles. The summed E-state index contributed by atoms with van der Waals surface area (Å²) in [6.45, 7) is 1.86. The van der Waals surface area contributed by atoms with E-state index in [-0.39, 0.29) is 0 Å². The first-order valence-corrected chi connectivity index (χ1v) is 8.95. The summed E-state index contributed by atoms with van der Waals surface area (Å²) in [6.07, 6.45) is 0.680. The lowest BCUT2D eigenvalue weighted by molar-refractivity contribution is 0.100. The van der Waals surface area contributed by atoms with Crippen molar-refractivity contribution in [3.8, 4) is 0 Å². The van der Waals surface area contributed by atoms with Crippen LogP contribution in [-0.2, 0) is 6.42 Å². The molecular formula is C20H19N3O2S. The van der Waals surface area contributed by atoms with Gasteiger partial charge in [0.05, 0.1) is 5.56 Å². The highest BCUT2D eigenvalue weighted by Gasteiger charge is 2.21. The summed E-state index contributed by atoms with van der Waals surface area (Å²) in [7, 11) is 0. The van der Waals surface area contributed by atoms with Gasteiger partial charge in [0.25, 0.3) is 5.91 Å². The third kappa shape index (κ3) is 4.10.